The van der Waals surface area contributed by atoms with Gasteiger partial charge in [-0.2, -0.15) is 0 Å². The molecule has 0 saturated carbocycles. The average molecular weight is 316 g/mol. The normalized spacial score (nSPS) is 11.9. The summed E-state index contributed by atoms with van der Waals surface area (Å²) >= 11 is 0. The van der Waals surface area contributed by atoms with Crippen LogP contribution in [-0.2, 0) is 4.57 Å². The minimum Gasteiger partial charge on any atom is -0.314 e. The number of rotatable bonds is 2. The van der Waals surface area contributed by atoms with Gasteiger partial charge in [0.25, 0.3) is 0 Å². The SMILES string of the molecule is CP(=O)(c1cccc2ccccc12)c1cccc2ccccc12. The molecule has 0 heterocycles. The van der Waals surface area contributed by atoms with E-state index >= 15 is 0 Å². The van der Waals surface area contributed by atoms with Gasteiger partial charge in [-0.3, -0.25) is 0 Å². The highest BCUT2D eigenvalue weighted by Crippen LogP contribution is 2.43. The largest absolute Gasteiger partial charge is 0.314 e. The van der Waals surface area contributed by atoms with Crippen molar-refractivity contribution in [2.45, 2.75) is 0 Å². The van der Waals surface area contributed by atoms with Gasteiger partial charge < -0.3 is 4.57 Å². The maximum absolute atomic E-state index is 13.8. The highest BCUT2D eigenvalue weighted by Gasteiger charge is 2.25. The van der Waals surface area contributed by atoms with Crippen molar-refractivity contribution in [2.24, 2.45) is 0 Å². The van der Waals surface area contributed by atoms with Crippen LogP contribution in [0, 0.1) is 0 Å². The van der Waals surface area contributed by atoms with Gasteiger partial charge in [-0.25, -0.2) is 0 Å². The van der Waals surface area contributed by atoms with E-state index in [1.807, 2.05) is 55.2 Å². The van der Waals surface area contributed by atoms with Gasteiger partial charge in [0.05, 0.1) is 0 Å². The van der Waals surface area contributed by atoms with Crippen molar-refractivity contribution in [3.63, 3.8) is 0 Å². The first-order chi connectivity index (χ1) is 11.2. The first-order valence-corrected chi connectivity index (χ1v) is 9.87. The van der Waals surface area contributed by atoms with E-state index in [4.69, 9.17) is 0 Å². The fraction of sp³-hybridized carbons (Fsp3) is 0.0476. The summed E-state index contributed by atoms with van der Waals surface area (Å²) in [5.41, 5.74) is 0. The lowest BCUT2D eigenvalue weighted by atomic mass is 10.1. The summed E-state index contributed by atoms with van der Waals surface area (Å²) in [6, 6.07) is 28.5. The van der Waals surface area contributed by atoms with Crippen molar-refractivity contribution in [3.8, 4) is 0 Å². The first kappa shape index (κ1) is 14.2. The van der Waals surface area contributed by atoms with E-state index in [9.17, 15) is 4.57 Å². The molecule has 0 atom stereocenters. The molecule has 1 nitrogen and oxygen atoms in total. The molecule has 0 saturated heterocycles. The smallest absolute Gasteiger partial charge is 0.141 e. The summed E-state index contributed by atoms with van der Waals surface area (Å²) in [6.45, 7) is 1.89. The van der Waals surface area contributed by atoms with Gasteiger partial charge >= 0.3 is 0 Å². The molecule has 0 aliphatic carbocycles. The minimum absolute atomic E-state index is 0.937. The monoisotopic (exact) mass is 316 g/mol. The van der Waals surface area contributed by atoms with E-state index in [-0.39, 0.29) is 0 Å². The van der Waals surface area contributed by atoms with Crippen LogP contribution >= 0.6 is 7.14 Å². The summed E-state index contributed by atoms with van der Waals surface area (Å²) in [5, 5.41) is 6.29. The van der Waals surface area contributed by atoms with Gasteiger partial charge in [0.1, 0.15) is 7.14 Å². The van der Waals surface area contributed by atoms with Gasteiger partial charge in [-0.1, -0.05) is 84.9 Å². The van der Waals surface area contributed by atoms with Crippen molar-refractivity contribution >= 4 is 39.3 Å². The highest BCUT2D eigenvalue weighted by molar-refractivity contribution is 7.78. The van der Waals surface area contributed by atoms with E-state index < -0.39 is 7.14 Å². The molecule has 112 valence electrons. The standard InChI is InChI=1S/C21H17OP/c1-23(22,20-14-6-10-16-8-2-4-12-18(16)20)21-15-7-11-17-9-3-5-13-19(17)21/h2-15H,1H3. The van der Waals surface area contributed by atoms with E-state index in [0.29, 0.717) is 0 Å². The topological polar surface area (TPSA) is 17.1 Å². The quantitative estimate of drug-likeness (QED) is 0.479. The number of hydrogen-bond acceptors (Lipinski definition) is 1. The first-order valence-electron chi connectivity index (χ1n) is 7.72. The van der Waals surface area contributed by atoms with Gasteiger partial charge in [-0.15, -0.1) is 0 Å². The second-order valence-corrected chi connectivity index (χ2v) is 8.73. The zero-order valence-electron chi connectivity index (χ0n) is 12.9. The summed E-state index contributed by atoms with van der Waals surface area (Å²) in [4.78, 5) is 0. The molecule has 23 heavy (non-hydrogen) atoms. The zero-order chi connectivity index (χ0) is 15.9. The molecule has 0 bridgehead atoms. The van der Waals surface area contributed by atoms with Crippen LogP contribution < -0.4 is 10.6 Å². The van der Waals surface area contributed by atoms with Crippen molar-refractivity contribution in [2.75, 3.05) is 6.66 Å². The van der Waals surface area contributed by atoms with Crippen LogP contribution in [0.1, 0.15) is 0 Å². The number of benzene rings is 4. The second-order valence-electron chi connectivity index (χ2n) is 5.92. The Balaban J connectivity index is 2.04. The van der Waals surface area contributed by atoms with Crippen LogP contribution in [-0.4, -0.2) is 6.66 Å². The summed E-state index contributed by atoms with van der Waals surface area (Å²) in [5.74, 6) is 0. The predicted molar refractivity (Wildman–Crippen MR) is 101 cm³/mol. The third-order valence-electron chi connectivity index (χ3n) is 4.45. The molecular formula is C21H17OP. The van der Waals surface area contributed by atoms with Crippen LogP contribution in [0.25, 0.3) is 21.5 Å². The van der Waals surface area contributed by atoms with Crippen LogP contribution in [0.15, 0.2) is 84.9 Å². The molecule has 4 aromatic rings. The lowest BCUT2D eigenvalue weighted by Gasteiger charge is -2.18. The van der Waals surface area contributed by atoms with Gasteiger partial charge in [0.2, 0.25) is 0 Å². The van der Waals surface area contributed by atoms with Crippen LogP contribution in [0.4, 0.5) is 0 Å². The van der Waals surface area contributed by atoms with Gasteiger partial charge in [0.15, 0.2) is 0 Å². The molecule has 0 aliphatic rings. The Morgan fingerprint density at radius 3 is 1.43 bits per heavy atom. The van der Waals surface area contributed by atoms with Crippen LogP contribution in [0.3, 0.4) is 0 Å². The molecule has 0 unspecified atom stereocenters. The summed E-state index contributed by atoms with van der Waals surface area (Å²) < 4.78 is 13.8. The molecule has 0 radical (unpaired) electrons. The third-order valence-corrected chi connectivity index (χ3v) is 7.07. The van der Waals surface area contributed by atoms with E-state index in [1.54, 1.807) is 0 Å². The van der Waals surface area contributed by atoms with Crippen molar-refractivity contribution in [1.29, 1.82) is 0 Å². The molecule has 0 spiro atoms. The van der Waals surface area contributed by atoms with Crippen LogP contribution in [0.2, 0.25) is 0 Å². The molecule has 0 N–H and O–H groups in total. The molecule has 0 aromatic heterocycles. The van der Waals surface area contributed by atoms with Crippen molar-refractivity contribution < 1.29 is 4.57 Å². The number of fused-ring (bicyclic) bond motifs is 2. The molecular weight excluding hydrogens is 299 g/mol. The zero-order valence-corrected chi connectivity index (χ0v) is 13.8. The highest BCUT2D eigenvalue weighted by atomic mass is 31.2. The van der Waals surface area contributed by atoms with E-state index in [2.05, 4.69) is 36.4 Å². The molecule has 4 aromatic carbocycles. The molecule has 2 heteroatoms. The Labute approximate surface area is 136 Å². The van der Waals surface area contributed by atoms with Gasteiger partial charge in [-0.05, 0) is 28.2 Å². The number of hydrogen-bond donors (Lipinski definition) is 0. The van der Waals surface area contributed by atoms with E-state index in [1.165, 1.54) is 0 Å². The second kappa shape index (κ2) is 5.37. The predicted octanol–water partition coefficient (Wildman–Crippen LogP) is 4.94. The van der Waals surface area contributed by atoms with E-state index in [0.717, 1.165) is 32.2 Å². The van der Waals surface area contributed by atoms with Crippen molar-refractivity contribution in [3.05, 3.63) is 84.9 Å². The Kier molecular flexibility index (Phi) is 3.32. The summed E-state index contributed by atoms with van der Waals surface area (Å²) in [6.07, 6.45) is 0. The Morgan fingerprint density at radius 1 is 0.565 bits per heavy atom. The third kappa shape index (κ3) is 2.29. The summed E-state index contributed by atoms with van der Waals surface area (Å²) in [7, 11) is -2.69. The molecule has 0 amide bonds. The maximum Gasteiger partial charge on any atom is 0.141 e. The van der Waals surface area contributed by atoms with Gasteiger partial charge in [0, 0.05) is 10.6 Å². The Hall–Kier alpha value is -2.37. The molecule has 0 fully saturated rings. The maximum atomic E-state index is 13.8. The van der Waals surface area contributed by atoms with Crippen molar-refractivity contribution in [1.82, 2.24) is 0 Å². The fourth-order valence-electron chi connectivity index (χ4n) is 3.29. The average Bonchev–Trinajstić information content (AvgIpc) is 2.60. The molecule has 4 rings (SSSR count). The fourth-order valence-corrected chi connectivity index (χ4v) is 5.62. The Bertz CT molecular complexity index is 972. The minimum atomic E-state index is -2.69. The van der Waals surface area contributed by atoms with Crippen LogP contribution in [0.5, 0.6) is 0 Å². The molecule has 0 aliphatic heterocycles. The lowest BCUT2D eigenvalue weighted by Crippen LogP contribution is -2.16. The Morgan fingerprint density at radius 2 is 0.957 bits per heavy atom. The lowest BCUT2D eigenvalue weighted by molar-refractivity contribution is 0.591.